The van der Waals surface area contributed by atoms with E-state index in [4.69, 9.17) is 0 Å². The number of carbonyl (C=O) groups is 1. The third kappa shape index (κ3) is 3.02. The molecule has 2 fully saturated rings. The van der Waals surface area contributed by atoms with E-state index in [1.54, 1.807) is 11.3 Å². The van der Waals surface area contributed by atoms with E-state index in [1.165, 1.54) is 22.6 Å². The van der Waals surface area contributed by atoms with Crippen LogP contribution in [0.4, 0.5) is 0 Å². The predicted octanol–water partition coefficient (Wildman–Crippen LogP) is 3.70. The van der Waals surface area contributed by atoms with Crippen molar-refractivity contribution in [2.75, 3.05) is 0 Å². The van der Waals surface area contributed by atoms with E-state index in [0.717, 1.165) is 6.42 Å². The molecule has 3 nitrogen and oxygen atoms in total. The summed E-state index contributed by atoms with van der Waals surface area (Å²) < 4.78 is 0. The molecule has 3 rings (SSSR count). The van der Waals surface area contributed by atoms with E-state index in [-0.39, 0.29) is 12.2 Å². The largest absolute Gasteiger partial charge is 0.318 e. The third-order valence-corrected chi connectivity index (χ3v) is 5.72. The molecule has 1 aromatic rings. The van der Waals surface area contributed by atoms with Gasteiger partial charge in [0.05, 0.1) is 6.04 Å². The van der Waals surface area contributed by atoms with Gasteiger partial charge in [-0.25, -0.2) is 0 Å². The quantitative estimate of drug-likeness (QED) is 0.899. The van der Waals surface area contributed by atoms with E-state index in [9.17, 15) is 4.79 Å². The lowest BCUT2D eigenvalue weighted by Crippen LogP contribution is -2.39. The van der Waals surface area contributed by atoms with Crippen LogP contribution in [-0.4, -0.2) is 22.9 Å². The van der Waals surface area contributed by atoms with Crippen LogP contribution in [0.3, 0.4) is 0 Å². The minimum absolute atomic E-state index is 0.0152. The summed E-state index contributed by atoms with van der Waals surface area (Å²) in [6.45, 7) is 8.73. The summed E-state index contributed by atoms with van der Waals surface area (Å²) in [6, 6.07) is 4.67. The molecule has 3 atom stereocenters. The number of rotatable bonds is 5. The SMILES string of the molecule is Cc1ccc(C2NC(CC(C)C)C(=O)N2C(C)C2CC2)s1. The number of nitrogens with zero attached hydrogens (tertiary/aromatic N) is 1. The maximum Gasteiger partial charge on any atom is 0.241 e. The second-order valence-electron chi connectivity index (χ2n) is 7.02. The zero-order valence-corrected chi connectivity index (χ0v) is 14.2. The maximum absolute atomic E-state index is 12.9. The van der Waals surface area contributed by atoms with Gasteiger partial charge in [0, 0.05) is 15.8 Å². The molecule has 2 aliphatic rings. The highest BCUT2D eigenvalue weighted by Crippen LogP contribution is 2.41. The molecule has 0 aromatic carbocycles. The van der Waals surface area contributed by atoms with Crippen molar-refractivity contribution in [1.82, 2.24) is 10.2 Å². The molecule has 3 unspecified atom stereocenters. The van der Waals surface area contributed by atoms with Gasteiger partial charge in [-0.15, -0.1) is 11.3 Å². The smallest absolute Gasteiger partial charge is 0.241 e. The topological polar surface area (TPSA) is 32.3 Å². The Bertz CT molecular complexity index is 521. The fraction of sp³-hybridized carbons (Fsp3) is 0.706. The van der Waals surface area contributed by atoms with Crippen molar-refractivity contribution in [3.8, 4) is 0 Å². The fourth-order valence-electron chi connectivity index (χ4n) is 3.35. The molecule has 1 aromatic heterocycles. The predicted molar refractivity (Wildman–Crippen MR) is 87.2 cm³/mol. The van der Waals surface area contributed by atoms with Gasteiger partial charge in [-0.05, 0) is 57.1 Å². The lowest BCUT2D eigenvalue weighted by molar-refractivity contribution is -0.132. The number of nitrogens with one attached hydrogen (secondary N) is 1. The summed E-state index contributed by atoms with van der Waals surface area (Å²) in [5.41, 5.74) is 0. The highest BCUT2D eigenvalue weighted by Gasteiger charge is 2.46. The Morgan fingerprint density at radius 1 is 1.33 bits per heavy atom. The van der Waals surface area contributed by atoms with Crippen LogP contribution in [0.25, 0.3) is 0 Å². The fourth-order valence-corrected chi connectivity index (χ4v) is 4.29. The van der Waals surface area contributed by atoms with E-state index in [2.05, 4.69) is 50.0 Å². The average molecular weight is 306 g/mol. The first kappa shape index (κ1) is 15.0. The Hall–Kier alpha value is -0.870. The lowest BCUT2D eigenvalue weighted by Gasteiger charge is -2.30. The average Bonchev–Trinajstić information content (AvgIpc) is 3.11. The van der Waals surface area contributed by atoms with Crippen molar-refractivity contribution in [3.63, 3.8) is 0 Å². The minimum Gasteiger partial charge on any atom is -0.318 e. The van der Waals surface area contributed by atoms with Crippen LogP contribution in [0, 0.1) is 18.8 Å². The van der Waals surface area contributed by atoms with E-state index in [1.807, 2.05) is 0 Å². The number of aryl methyl sites for hydroxylation is 1. The van der Waals surface area contributed by atoms with Crippen LogP contribution in [0.5, 0.6) is 0 Å². The van der Waals surface area contributed by atoms with Crippen LogP contribution < -0.4 is 5.32 Å². The molecule has 0 bridgehead atoms. The summed E-state index contributed by atoms with van der Waals surface area (Å²) in [5, 5.41) is 3.60. The second kappa shape index (κ2) is 5.73. The Balaban J connectivity index is 1.85. The van der Waals surface area contributed by atoms with Crippen LogP contribution >= 0.6 is 11.3 Å². The Kier molecular flexibility index (Phi) is 4.10. The second-order valence-corrected chi connectivity index (χ2v) is 8.34. The Labute approximate surface area is 131 Å². The summed E-state index contributed by atoms with van der Waals surface area (Å²) in [5.74, 6) is 1.55. The number of amides is 1. The molecule has 0 radical (unpaired) electrons. The van der Waals surface area contributed by atoms with Crippen LogP contribution in [0.1, 0.15) is 56.0 Å². The number of carbonyl (C=O) groups excluding carboxylic acids is 1. The summed E-state index contributed by atoms with van der Waals surface area (Å²) in [4.78, 5) is 17.6. The first-order chi connectivity index (χ1) is 9.97. The van der Waals surface area contributed by atoms with Crippen molar-refractivity contribution in [3.05, 3.63) is 21.9 Å². The first-order valence-electron chi connectivity index (χ1n) is 8.12. The van der Waals surface area contributed by atoms with Gasteiger partial charge in [-0.1, -0.05) is 13.8 Å². The lowest BCUT2D eigenvalue weighted by atomic mass is 10.0. The van der Waals surface area contributed by atoms with E-state index < -0.39 is 0 Å². The van der Waals surface area contributed by atoms with Gasteiger partial charge in [0.25, 0.3) is 0 Å². The number of thiophene rings is 1. The summed E-state index contributed by atoms with van der Waals surface area (Å²) in [7, 11) is 0. The Morgan fingerprint density at radius 2 is 2.05 bits per heavy atom. The van der Waals surface area contributed by atoms with Gasteiger partial charge in [0.15, 0.2) is 0 Å². The van der Waals surface area contributed by atoms with Crippen molar-refractivity contribution in [2.24, 2.45) is 11.8 Å². The highest BCUT2D eigenvalue weighted by molar-refractivity contribution is 7.12. The van der Waals surface area contributed by atoms with Gasteiger partial charge in [-0.2, -0.15) is 0 Å². The molecule has 1 saturated heterocycles. The zero-order chi connectivity index (χ0) is 15.1. The normalized spacial score (nSPS) is 27.7. The molecule has 1 N–H and O–H groups in total. The van der Waals surface area contributed by atoms with E-state index in [0.29, 0.717) is 23.8 Å². The standard InChI is InChI=1S/C17H26N2OS/c1-10(2)9-14-17(20)19(12(4)13-6-7-13)16(18-14)15-8-5-11(3)21-15/h5,8,10,12-14,16,18H,6-7,9H2,1-4H3. The van der Waals surface area contributed by atoms with Gasteiger partial charge in [0.2, 0.25) is 5.91 Å². The molecule has 1 saturated carbocycles. The van der Waals surface area contributed by atoms with Gasteiger partial charge in [0.1, 0.15) is 6.17 Å². The molecule has 116 valence electrons. The highest BCUT2D eigenvalue weighted by atomic mass is 32.1. The van der Waals surface area contributed by atoms with Gasteiger partial charge < -0.3 is 4.90 Å². The van der Waals surface area contributed by atoms with Gasteiger partial charge in [-0.3, -0.25) is 10.1 Å². The monoisotopic (exact) mass is 306 g/mol. The molecule has 21 heavy (non-hydrogen) atoms. The molecular weight excluding hydrogens is 280 g/mol. The molecule has 2 heterocycles. The minimum atomic E-state index is -0.0152. The van der Waals surface area contributed by atoms with Crippen molar-refractivity contribution >= 4 is 17.2 Å². The molecule has 1 aliphatic carbocycles. The van der Waals surface area contributed by atoms with Gasteiger partial charge >= 0.3 is 0 Å². The zero-order valence-electron chi connectivity index (χ0n) is 13.4. The van der Waals surface area contributed by atoms with Crippen molar-refractivity contribution < 1.29 is 4.79 Å². The summed E-state index contributed by atoms with van der Waals surface area (Å²) >= 11 is 1.80. The third-order valence-electron chi connectivity index (χ3n) is 4.67. The molecule has 1 aliphatic heterocycles. The summed E-state index contributed by atoms with van der Waals surface area (Å²) in [6.07, 6.45) is 3.55. The Morgan fingerprint density at radius 3 is 2.57 bits per heavy atom. The van der Waals surface area contributed by atoms with Crippen LogP contribution in [0.2, 0.25) is 0 Å². The van der Waals surface area contributed by atoms with Crippen molar-refractivity contribution in [1.29, 1.82) is 0 Å². The van der Waals surface area contributed by atoms with E-state index >= 15 is 0 Å². The molecular formula is C17H26N2OS. The van der Waals surface area contributed by atoms with Crippen molar-refractivity contribution in [2.45, 2.75) is 65.2 Å². The first-order valence-corrected chi connectivity index (χ1v) is 8.93. The number of hydrogen-bond acceptors (Lipinski definition) is 3. The number of hydrogen-bond donors (Lipinski definition) is 1. The van der Waals surface area contributed by atoms with Crippen LogP contribution in [0.15, 0.2) is 12.1 Å². The maximum atomic E-state index is 12.9. The van der Waals surface area contributed by atoms with Crippen LogP contribution in [-0.2, 0) is 4.79 Å². The molecule has 4 heteroatoms. The molecule has 0 spiro atoms. The molecule has 1 amide bonds.